The van der Waals surface area contributed by atoms with E-state index in [1.54, 1.807) is 212 Å². The van der Waals surface area contributed by atoms with Gasteiger partial charge in [-0.05, 0) is 177 Å². The predicted octanol–water partition coefficient (Wildman–Crippen LogP) is 14.1. The topological polar surface area (TPSA) is 255 Å². The van der Waals surface area contributed by atoms with Gasteiger partial charge in [0.2, 0.25) is 0 Å². The van der Waals surface area contributed by atoms with E-state index in [-0.39, 0.29) is 105 Å². The third kappa shape index (κ3) is 17.1. The highest BCUT2D eigenvalue weighted by Crippen LogP contribution is 2.68. The smallest absolute Gasteiger partial charge is 0.338 e. The molecule has 2 heterocycles. The fourth-order valence-electron chi connectivity index (χ4n) is 17.6. The largest absolute Gasteiger partial charge is 0.459 e. The second-order valence-electron chi connectivity index (χ2n) is 29.8. The summed E-state index contributed by atoms with van der Waals surface area (Å²) < 4.78 is 69.8. The Morgan fingerprint density at radius 1 is 0.458 bits per heavy atom. The molecular formula is C87H90O20. The molecule has 6 aliphatic rings. The van der Waals surface area contributed by atoms with Crippen LogP contribution >= 0.6 is 0 Å². The van der Waals surface area contributed by atoms with Gasteiger partial charge in [-0.2, -0.15) is 0 Å². The lowest BCUT2D eigenvalue weighted by molar-refractivity contribution is -0.313. The Kier molecular flexibility index (Phi) is 23.8. The van der Waals surface area contributed by atoms with Gasteiger partial charge in [0.15, 0.2) is 49.2 Å². The number of rotatable bonds is 25. The normalized spacial score (nSPS) is 29.2. The van der Waals surface area contributed by atoms with E-state index in [4.69, 9.17) is 52.1 Å². The summed E-state index contributed by atoms with van der Waals surface area (Å²) in [6.45, 7) is 7.70. The first-order valence-electron chi connectivity index (χ1n) is 37.2. The van der Waals surface area contributed by atoms with Crippen molar-refractivity contribution >= 4 is 53.4 Å². The van der Waals surface area contributed by atoms with Gasteiger partial charge in [0.1, 0.15) is 24.3 Å². The monoisotopic (exact) mass is 1450 g/mol. The first-order chi connectivity index (χ1) is 51.8. The van der Waals surface area contributed by atoms with Crippen LogP contribution in [0.4, 0.5) is 0 Å². The van der Waals surface area contributed by atoms with Crippen molar-refractivity contribution in [3.05, 3.63) is 251 Å². The SMILES string of the molecule is C[C@@H](CCC(=O)[C@@H](C)C1C(=O)CC2C3CCC4CC(O[C@@H]5OC(COC(=O)c6ccccc6)[C@H](OC(=O)c6ccccc6)C(OC(=O)c6ccccc6)C5OC(=O)c5ccccc5)CCC4(C)C3CCC21C)CO[C@@H]1OC[C@@H](OC(=O)c2ccccc2)C(OC(=O)c2ccccc2)C1OC(=O)c1ccccc1. The third-order valence-electron chi connectivity index (χ3n) is 23.2. The van der Waals surface area contributed by atoms with Gasteiger partial charge >= 0.3 is 41.8 Å². The Hall–Kier alpha value is -9.99. The minimum Gasteiger partial charge on any atom is -0.459 e. The van der Waals surface area contributed by atoms with Gasteiger partial charge < -0.3 is 52.1 Å². The molecule has 20 heteroatoms. The van der Waals surface area contributed by atoms with Crippen LogP contribution in [-0.2, 0) is 61.7 Å². The summed E-state index contributed by atoms with van der Waals surface area (Å²) in [5.41, 5.74) is 0.861. The van der Waals surface area contributed by atoms with Gasteiger partial charge in [0, 0.05) is 24.7 Å². The zero-order valence-corrected chi connectivity index (χ0v) is 60.4. The van der Waals surface area contributed by atoms with E-state index in [2.05, 4.69) is 13.8 Å². The standard InChI is InChI=1S/C87H90O20/c1-53(50-98-84-75(106-82(95)60-36-22-10-23-37-60)73(104-80(93)58-32-18-8-19-33-58)69(52-99-84)101-78(91)56-28-14-6-15-29-56)40-43-67(88)54(2)71-68(89)49-66-64-42-41-62-48-63(44-46-86(62,3)65(64)45-47-87(66,71)4)100-85-76(107-83(96)61-38-24-11-25-39-61)74(105-81(94)59-34-20-9-21-35-59)72(103-79(92)57-30-16-7-17-31-57)70(102-85)51-97-77(90)55-26-12-5-13-27-55/h5-39,53-54,62-66,69-76,84-85H,40-52H2,1-4H3/t53-,54+,62?,63?,64?,65?,66?,69+,70?,71?,72-,73?,74?,75?,76?,84+,85+,86?,87?/m0/s1. The maximum absolute atomic E-state index is 14.7. The fourth-order valence-corrected chi connectivity index (χ4v) is 17.6. The second-order valence-corrected chi connectivity index (χ2v) is 29.8. The van der Waals surface area contributed by atoms with Crippen LogP contribution in [0.15, 0.2) is 212 Å². The molecule has 0 N–H and O–H groups in total. The maximum Gasteiger partial charge on any atom is 0.338 e. The molecule has 20 nitrogen and oxygen atoms in total. The van der Waals surface area contributed by atoms with Gasteiger partial charge in [0.25, 0.3) is 0 Å². The summed E-state index contributed by atoms with van der Waals surface area (Å²) >= 11 is 0. The van der Waals surface area contributed by atoms with Gasteiger partial charge in [-0.1, -0.05) is 155 Å². The highest BCUT2D eigenvalue weighted by atomic mass is 16.7. The van der Waals surface area contributed by atoms with E-state index in [1.807, 2.05) is 13.8 Å². The third-order valence-corrected chi connectivity index (χ3v) is 23.2. The van der Waals surface area contributed by atoms with Crippen LogP contribution in [0.5, 0.6) is 0 Å². The Morgan fingerprint density at radius 3 is 1.36 bits per heavy atom. The van der Waals surface area contributed by atoms with E-state index in [0.29, 0.717) is 25.7 Å². The number of ether oxygens (including phenoxy) is 11. The number of Topliss-reactive ketones (excluding diaryl/α,β-unsaturated/α-hetero) is 2. The summed E-state index contributed by atoms with van der Waals surface area (Å²) in [4.78, 5) is 127. The molecule has 0 spiro atoms. The molecule has 6 fully saturated rings. The number of fused-ring (bicyclic) bond motifs is 5. The Bertz CT molecular complexity index is 4240. The minimum atomic E-state index is -1.58. The average Bonchev–Trinajstić information content (AvgIpc) is 1.63. The van der Waals surface area contributed by atoms with Crippen molar-refractivity contribution in [3.63, 3.8) is 0 Å². The van der Waals surface area contributed by atoms with E-state index >= 15 is 0 Å². The molecule has 0 amide bonds. The van der Waals surface area contributed by atoms with Crippen LogP contribution in [0.25, 0.3) is 0 Å². The van der Waals surface area contributed by atoms with Gasteiger partial charge in [-0.3, -0.25) is 9.59 Å². The molecule has 4 aliphatic carbocycles. The lowest BCUT2D eigenvalue weighted by Gasteiger charge is -2.61. The van der Waals surface area contributed by atoms with Crippen LogP contribution < -0.4 is 0 Å². The Balaban J connectivity index is 0.680. The number of carbonyl (C=O) groups is 9. The summed E-state index contributed by atoms with van der Waals surface area (Å²) in [7, 11) is 0. The van der Waals surface area contributed by atoms with Crippen molar-refractivity contribution in [2.24, 2.45) is 52.3 Å². The van der Waals surface area contributed by atoms with Gasteiger partial charge in [-0.25, -0.2) is 33.6 Å². The number of ketones is 2. The predicted molar refractivity (Wildman–Crippen MR) is 388 cm³/mol. The van der Waals surface area contributed by atoms with Crippen LogP contribution in [0.3, 0.4) is 0 Å². The molecule has 0 aromatic heterocycles. The summed E-state index contributed by atoms with van der Waals surface area (Å²) in [6.07, 6.45) is -7.01. The summed E-state index contributed by atoms with van der Waals surface area (Å²) in [6, 6.07) is 57.9. The number of carbonyl (C=O) groups excluding carboxylic acids is 9. The average molecular weight is 1460 g/mol. The van der Waals surface area contributed by atoms with Crippen LogP contribution in [0.1, 0.15) is 164 Å². The molecule has 7 aromatic carbocycles. The number of benzene rings is 7. The second kappa shape index (κ2) is 33.9. The minimum absolute atomic E-state index is 0.0179. The van der Waals surface area contributed by atoms with E-state index < -0.39 is 127 Å². The van der Waals surface area contributed by atoms with Crippen molar-refractivity contribution in [1.82, 2.24) is 0 Å². The van der Waals surface area contributed by atoms with Crippen molar-refractivity contribution in [2.75, 3.05) is 19.8 Å². The molecule has 558 valence electrons. The number of esters is 7. The van der Waals surface area contributed by atoms with E-state index in [0.717, 1.165) is 32.1 Å². The molecular weight excluding hydrogens is 1360 g/mol. The summed E-state index contributed by atoms with van der Waals surface area (Å²) in [5, 5.41) is 0. The summed E-state index contributed by atoms with van der Waals surface area (Å²) in [5.74, 6) is -5.77. The Morgan fingerprint density at radius 2 is 0.879 bits per heavy atom. The number of hydrogen-bond donors (Lipinski definition) is 0. The van der Waals surface area contributed by atoms with Crippen LogP contribution in [0.2, 0.25) is 0 Å². The number of hydrogen-bond acceptors (Lipinski definition) is 20. The highest BCUT2D eigenvalue weighted by Gasteiger charge is 2.64. The van der Waals surface area contributed by atoms with Crippen LogP contribution in [-0.4, -0.2) is 135 Å². The van der Waals surface area contributed by atoms with Gasteiger partial charge in [0.05, 0.1) is 58.3 Å². The molecule has 13 unspecified atom stereocenters. The maximum atomic E-state index is 14.7. The van der Waals surface area contributed by atoms with E-state index in [1.165, 1.54) is 0 Å². The van der Waals surface area contributed by atoms with Gasteiger partial charge in [-0.15, -0.1) is 0 Å². The molecule has 7 aromatic rings. The molecule has 2 aliphatic heterocycles. The molecule has 0 radical (unpaired) electrons. The van der Waals surface area contributed by atoms with E-state index in [9.17, 15) is 43.2 Å². The van der Waals surface area contributed by atoms with Crippen LogP contribution in [0, 0.1) is 52.3 Å². The zero-order chi connectivity index (χ0) is 74.8. The lowest BCUT2D eigenvalue weighted by atomic mass is 9.44. The first kappa shape index (κ1) is 75.3. The lowest BCUT2D eigenvalue weighted by Crippen LogP contribution is -2.64. The van der Waals surface area contributed by atoms with Crippen molar-refractivity contribution < 1.29 is 95.3 Å². The molecule has 4 saturated carbocycles. The van der Waals surface area contributed by atoms with Crippen molar-refractivity contribution in [3.8, 4) is 0 Å². The van der Waals surface area contributed by atoms with Crippen molar-refractivity contribution in [2.45, 2.75) is 153 Å². The molecule has 19 atom stereocenters. The molecule has 2 saturated heterocycles. The highest BCUT2D eigenvalue weighted by molar-refractivity contribution is 5.94. The Labute approximate surface area is 622 Å². The fraction of sp³-hybridized carbons (Fsp3) is 0.414. The quantitative estimate of drug-likeness (QED) is 0.0293. The molecule has 107 heavy (non-hydrogen) atoms. The molecule has 0 bridgehead atoms. The molecule has 13 rings (SSSR count). The first-order valence-corrected chi connectivity index (χ1v) is 37.2. The van der Waals surface area contributed by atoms with Crippen molar-refractivity contribution in [1.29, 1.82) is 0 Å². The zero-order valence-electron chi connectivity index (χ0n) is 60.4.